The monoisotopic (exact) mass is 268 g/mol. The molecular formula is C15H25FN2O. The maximum atomic E-state index is 13.4. The number of hydrogen-bond donors (Lipinski definition) is 1. The van der Waals surface area contributed by atoms with E-state index in [4.69, 9.17) is 4.74 Å². The van der Waals surface area contributed by atoms with Gasteiger partial charge in [-0.1, -0.05) is 0 Å². The Labute approximate surface area is 115 Å². The van der Waals surface area contributed by atoms with Crippen molar-refractivity contribution in [3.05, 3.63) is 29.6 Å². The lowest BCUT2D eigenvalue weighted by Crippen LogP contribution is -2.26. The van der Waals surface area contributed by atoms with Crippen LogP contribution in [0.3, 0.4) is 0 Å². The van der Waals surface area contributed by atoms with E-state index in [1.54, 1.807) is 6.07 Å². The lowest BCUT2D eigenvalue weighted by molar-refractivity contribution is 0.0846. The molecular weight excluding hydrogens is 243 g/mol. The van der Waals surface area contributed by atoms with E-state index < -0.39 is 0 Å². The van der Waals surface area contributed by atoms with E-state index in [0.29, 0.717) is 6.61 Å². The zero-order valence-corrected chi connectivity index (χ0v) is 12.5. The first kappa shape index (κ1) is 15.9. The molecule has 1 aromatic carbocycles. The Kier molecular flexibility index (Phi) is 6.25. The Balaban J connectivity index is 2.80. The van der Waals surface area contributed by atoms with Crippen molar-refractivity contribution in [1.29, 1.82) is 0 Å². The Hall–Kier alpha value is -1.13. The highest BCUT2D eigenvalue weighted by Gasteiger charge is 2.13. The van der Waals surface area contributed by atoms with E-state index in [1.165, 1.54) is 6.07 Å². The average Bonchev–Trinajstić information content (AvgIpc) is 2.37. The first-order valence-electron chi connectivity index (χ1n) is 6.75. The van der Waals surface area contributed by atoms with Crippen LogP contribution in [0.4, 0.5) is 10.1 Å². The molecule has 0 amide bonds. The minimum Gasteiger partial charge on any atom is -0.377 e. The predicted molar refractivity (Wildman–Crippen MR) is 78.2 cm³/mol. The molecule has 0 fully saturated rings. The van der Waals surface area contributed by atoms with Crippen molar-refractivity contribution in [3.8, 4) is 0 Å². The number of nitrogens with one attached hydrogen (secondary N) is 1. The molecule has 1 aromatic rings. The lowest BCUT2D eigenvalue weighted by atomic mass is 10.1. The summed E-state index contributed by atoms with van der Waals surface area (Å²) < 4.78 is 18.9. The number of benzene rings is 1. The fourth-order valence-corrected chi connectivity index (χ4v) is 1.92. The first-order valence-corrected chi connectivity index (χ1v) is 6.75. The highest BCUT2D eigenvalue weighted by molar-refractivity contribution is 5.54. The van der Waals surface area contributed by atoms with E-state index >= 15 is 0 Å². The Morgan fingerprint density at radius 1 is 1.32 bits per heavy atom. The van der Waals surface area contributed by atoms with Crippen LogP contribution in [0.15, 0.2) is 18.2 Å². The van der Waals surface area contributed by atoms with Gasteiger partial charge in [0.1, 0.15) is 5.82 Å². The number of ether oxygens (including phenoxy) is 1. The second kappa shape index (κ2) is 7.46. The molecule has 0 heterocycles. The molecule has 0 aliphatic carbocycles. The molecule has 1 atom stereocenters. The fourth-order valence-electron chi connectivity index (χ4n) is 1.92. The van der Waals surface area contributed by atoms with Crippen LogP contribution in [-0.4, -0.2) is 33.4 Å². The Morgan fingerprint density at radius 3 is 2.58 bits per heavy atom. The van der Waals surface area contributed by atoms with Gasteiger partial charge in [-0.15, -0.1) is 0 Å². The topological polar surface area (TPSA) is 24.5 Å². The second-order valence-electron chi connectivity index (χ2n) is 5.05. The zero-order chi connectivity index (χ0) is 14.4. The average molecular weight is 268 g/mol. The van der Waals surface area contributed by atoms with Crippen molar-refractivity contribution in [1.82, 2.24) is 5.32 Å². The van der Waals surface area contributed by atoms with Gasteiger partial charge in [0.25, 0.3) is 0 Å². The number of halogens is 1. The van der Waals surface area contributed by atoms with E-state index in [-0.39, 0.29) is 18.0 Å². The molecule has 0 bridgehead atoms. The smallest absolute Gasteiger partial charge is 0.123 e. The van der Waals surface area contributed by atoms with Crippen LogP contribution in [-0.2, 0) is 4.74 Å². The predicted octanol–water partition coefficient (Wildman–Crippen LogP) is 2.97. The van der Waals surface area contributed by atoms with Crippen molar-refractivity contribution >= 4 is 5.69 Å². The van der Waals surface area contributed by atoms with E-state index in [0.717, 1.165) is 17.8 Å². The van der Waals surface area contributed by atoms with Crippen molar-refractivity contribution in [2.75, 3.05) is 32.1 Å². The molecule has 0 saturated heterocycles. The van der Waals surface area contributed by atoms with Gasteiger partial charge in [-0.3, -0.25) is 0 Å². The summed E-state index contributed by atoms with van der Waals surface area (Å²) >= 11 is 0. The summed E-state index contributed by atoms with van der Waals surface area (Å²) in [4.78, 5) is 2.10. The first-order chi connectivity index (χ1) is 8.95. The van der Waals surface area contributed by atoms with Gasteiger partial charge in [-0.25, -0.2) is 4.39 Å². The molecule has 0 aliphatic heterocycles. The highest BCUT2D eigenvalue weighted by Crippen LogP contribution is 2.26. The van der Waals surface area contributed by atoms with Crippen LogP contribution in [0.5, 0.6) is 0 Å². The summed E-state index contributed by atoms with van der Waals surface area (Å²) in [6.07, 6.45) is 0.234. The summed E-state index contributed by atoms with van der Waals surface area (Å²) in [6, 6.07) is 5.03. The number of likely N-dealkylation sites (N-methyl/N-ethyl adjacent to an activating group) is 1. The molecule has 108 valence electrons. The summed E-state index contributed by atoms with van der Waals surface area (Å²) in [5.41, 5.74) is 2.00. The summed E-state index contributed by atoms with van der Waals surface area (Å²) in [6.45, 7) is 7.52. The molecule has 1 unspecified atom stereocenters. The lowest BCUT2D eigenvalue weighted by Gasteiger charge is -2.25. The van der Waals surface area contributed by atoms with Gasteiger partial charge in [0, 0.05) is 25.3 Å². The zero-order valence-electron chi connectivity index (χ0n) is 12.5. The highest BCUT2D eigenvalue weighted by atomic mass is 19.1. The van der Waals surface area contributed by atoms with Gasteiger partial charge in [0.15, 0.2) is 0 Å². The largest absolute Gasteiger partial charge is 0.377 e. The third-order valence-electron chi connectivity index (χ3n) is 3.18. The molecule has 0 saturated carbocycles. The molecule has 0 spiro atoms. The third-order valence-corrected chi connectivity index (χ3v) is 3.18. The van der Waals surface area contributed by atoms with Crippen LogP contribution < -0.4 is 10.2 Å². The molecule has 0 aromatic heterocycles. The maximum absolute atomic E-state index is 13.4. The number of nitrogens with zero attached hydrogens (tertiary/aromatic N) is 1. The number of anilines is 1. The molecule has 0 aliphatic rings. The summed E-state index contributed by atoms with van der Waals surface area (Å²) in [5.74, 6) is -0.201. The SMILES string of the molecule is CNC(C)c1cc(F)ccc1N(C)CCOC(C)C. The maximum Gasteiger partial charge on any atom is 0.123 e. The Bertz CT molecular complexity index is 396. The van der Waals surface area contributed by atoms with E-state index in [2.05, 4.69) is 10.2 Å². The normalized spacial score (nSPS) is 12.8. The van der Waals surface area contributed by atoms with Crippen molar-refractivity contribution < 1.29 is 9.13 Å². The van der Waals surface area contributed by atoms with E-state index in [1.807, 2.05) is 40.9 Å². The molecule has 1 N–H and O–H groups in total. The summed E-state index contributed by atoms with van der Waals surface area (Å²) in [7, 11) is 3.88. The van der Waals surface area contributed by atoms with Gasteiger partial charge >= 0.3 is 0 Å². The standard InChI is InChI=1S/C15H25FN2O/c1-11(2)19-9-8-18(5)15-7-6-13(16)10-14(15)12(3)17-4/h6-7,10-12,17H,8-9H2,1-5H3. The number of rotatable bonds is 7. The van der Waals surface area contributed by atoms with Crippen molar-refractivity contribution in [2.24, 2.45) is 0 Å². The van der Waals surface area contributed by atoms with E-state index in [9.17, 15) is 4.39 Å². The quantitative estimate of drug-likeness (QED) is 0.823. The van der Waals surface area contributed by atoms with Gasteiger partial charge in [-0.2, -0.15) is 0 Å². The van der Waals surface area contributed by atoms with Crippen molar-refractivity contribution in [3.63, 3.8) is 0 Å². The van der Waals surface area contributed by atoms with Crippen LogP contribution in [0.25, 0.3) is 0 Å². The molecule has 3 nitrogen and oxygen atoms in total. The van der Waals surface area contributed by atoms with Gasteiger partial charge in [0.05, 0.1) is 12.7 Å². The number of hydrogen-bond acceptors (Lipinski definition) is 3. The molecule has 1 rings (SSSR count). The molecule has 0 radical (unpaired) electrons. The van der Waals surface area contributed by atoms with Gasteiger partial charge in [-0.05, 0) is 51.6 Å². The van der Waals surface area contributed by atoms with Crippen LogP contribution in [0.2, 0.25) is 0 Å². The minimum atomic E-state index is -0.201. The van der Waals surface area contributed by atoms with Gasteiger partial charge in [0.2, 0.25) is 0 Å². The minimum absolute atomic E-state index is 0.110. The Morgan fingerprint density at radius 2 is 2.00 bits per heavy atom. The van der Waals surface area contributed by atoms with Crippen LogP contribution in [0, 0.1) is 5.82 Å². The van der Waals surface area contributed by atoms with Crippen LogP contribution in [0.1, 0.15) is 32.4 Å². The molecule has 19 heavy (non-hydrogen) atoms. The molecule has 4 heteroatoms. The van der Waals surface area contributed by atoms with Crippen molar-refractivity contribution in [2.45, 2.75) is 32.9 Å². The summed E-state index contributed by atoms with van der Waals surface area (Å²) in [5, 5.41) is 3.15. The fraction of sp³-hybridized carbons (Fsp3) is 0.600. The van der Waals surface area contributed by atoms with Gasteiger partial charge < -0.3 is 15.0 Å². The van der Waals surface area contributed by atoms with Crippen LogP contribution >= 0.6 is 0 Å². The second-order valence-corrected chi connectivity index (χ2v) is 5.05. The third kappa shape index (κ3) is 4.80.